The van der Waals surface area contributed by atoms with Gasteiger partial charge in [-0.05, 0) is 19.8 Å². The fraction of sp³-hybridized carbons (Fsp3) is 0.800. The lowest BCUT2D eigenvalue weighted by Crippen LogP contribution is -2.42. The number of hydrogen-bond acceptors (Lipinski definition) is 3. The minimum atomic E-state index is -0.657. The SMILES string of the molecule is CC(O)C(C)C(=O)N1CCCC1C=O. The van der Waals surface area contributed by atoms with Crippen LogP contribution in [0.2, 0.25) is 0 Å². The maximum Gasteiger partial charge on any atom is 0.228 e. The summed E-state index contributed by atoms with van der Waals surface area (Å²) in [4.78, 5) is 24.0. The highest BCUT2D eigenvalue weighted by molar-refractivity contribution is 5.82. The van der Waals surface area contributed by atoms with Gasteiger partial charge in [-0.2, -0.15) is 0 Å². The Balaban J connectivity index is 2.64. The van der Waals surface area contributed by atoms with Gasteiger partial charge in [0, 0.05) is 6.54 Å². The van der Waals surface area contributed by atoms with Gasteiger partial charge in [-0.15, -0.1) is 0 Å². The molecule has 4 heteroatoms. The molecule has 1 fully saturated rings. The largest absolute Gasteiger partial charge is 0.393 e. The van der Waals surface area contributed by atoms with E-state index in [1.807, 2.05) is 0 Å². The summed E-state index contributed by atoms with van der Waals surface area (Å²) in [5.74, 6) is -0.537. The fourth-order valence-corrected chi connectivity index (χ4v) is 1.68. The second-order valence-corrected chi connectivity index (χ2v) is 3.91. The van der Waals surface area contributed by atoms with E-state index in [1.54, 1.807) is 18.7 Å². The van der Waals surface area contributed by atoms with Crippen molar-refractivity contribution >= 4 is 12.2 Å². The standard InChI is InChI=1S/C10H17NO3/c1-7(8(2)13)10(14)11-5-3-4-9(11)6-12/h6-9,13H,3-5H2,1-2H3. The van der Waals surface area contributed by atoms with Crippen molar-refractivity contribution < 1.29 is 14.7 Å². The Morgan fingerprint density at radius 2 is 2.21 bits per heavy atom. The predicted molar refractivity (Wildman–Crippen MR) is 51.6 cm³/mol. The van der Waals surface area contributed by atoms with Crippen LogP contribution in [0, 0.1) is 5.92 Å². The Hall–Kier alpha value is -0.900. The third-order valence-corrected chi connectivity index (χ3v) is 2.85. The molecular weight excluding hydrogens is 182 g/mol. The van der Waals surface area contributed by atoms with Crippen LogP contribution in [0.5, 0.6) is 0 Å². The minimum Gasteiger partial charge on any atom is -0.393 e. The van der Waals surface area contributed by atoms with Gasteiger partial charge in [-0.1, -0.05) is 6.92 Å². The van der Waals surface area contributed by atoms with Crippen LogP contribution >= 0.6 is 0 Å². The molecule has 3 atom stereocenters. The molecule has 1 saturated heterocycles. The molecule has 4 nitrogen and oxygen atoms in total. The molecule has 1 heterocycles. The van der Waals surface area contributed by atoms with Gasteiger partial charge in [-0.25, -0.2) is 0 Å². The smallest absolute Gasteiger partial charge is 0.228 e. The molecule has 0 radical (unpaired) electrons. The molecule has 1 aliphatic heterocycles. The normalized spacial score (nSPS) is 25.9. The molecule has 1 rings (SSSR count). The summed E-state index contributed by atoms with van der Waals surface area (Å²) in [6, 6.07) is -0.274. The molecule has 0 aliphatic carbocycles. The molecule has 1 N–H and O–H groups in total. The van der Waals surface area contributed by atoms with Gasteiger partial charge in [0.1, 0.15) is 6.29 Å². The number of nitrogens with zero attached hydrogens (tertiary/aromatic N) is 1. The summed E-state index contributed by atoms with van der Waals surface area (Å²) >= 11 is 0. The van der Waals surface area contributed by atoms with Crippen molar-refractivity contribution in [2.24, 2.45) is 5.92 Å². The lowest BCUT2D eigenvalue weighted by Gasteiger charge is -2.25. The Labute approximate surface area is 83.9 Å². The number of hydrogen-bond donors (Lipinski definition) is 1. The topological polar surface area (TPSA) is 57.6 Å². The van der Waals surface area contributed by atoms with E-state index in [-0.39, 0.29) is 11.9 Å². The third kappa shape index (κ3) is 2.12. The van der Waals surface area contributed by atoms with Gasteiger partial charge < -0.3 is 14.8 Å². The quantitative estimate of drug-likeness (QED) is 0.660. The molecule has 0 aromatic heterocycles. The van der Waals surface area contributed by atoms with E-state index >= 15 is 0 Å². The summed E-state index contributed by atoms with van der Waals surface area (Å²) in [5.41, 5.74) is 0. The van der Waals surface area contributed by atoms with Crippen molar-refractivity contribution in [3.8, 4) is 0 Å². The molecule has 1 amide bonds. The van der Waals surface area contributed by atoms with Crippen molar-refractivity contribution in [3.05, 3.63) is 0 Å². The number of carbonyl (C=O) groups excluding carboxylic acids is 2. The Kier molecular flexibility index (Phi) is 3.63. The highest BCUT2D eigenvalue weighted by Gasteiger charge is 2.32. The molecule has 0 aromatic rings. The van der Waals surface area contributed by atoms with Crippen LogP contribution in [0.3, 0.4) is 0 Å². The first-order valence-corrected chi connectivity index (χ1v) is 5.01. The molecule has 0 saturated carbocycles. The van der Waals surface area contributed by atoms with Crippen LogP contribution in [0.15, 0.2) is 0 Å². The highest BCUT2D eigenvalue weighted by Crippen LogP contribution is 2.19. The molecule has 0 bridgehead atoms. The first-order chi connectivity index (χ1) is 6.57. The molecule has 80 valence electrons. The van der Waals surface area contributed by atoms with Crippen LogP contribution in [-0.4, -0.2) is 40.9 Å². The lowest BCUT2D eigenvalue weighted by atomic mass is 10.0. The fourth-order valence-electron chi connectivity index (χ4n) is 1.68. The molecule has 3 unspecified atom stereocenters. The number of aliphatic hydroxyl groups is 1. The zero-order valence-corrected chi connectivity index (χ0v) is 8.64. The number of amides is 1. The average molecular weight is 199 g/mol. The lowest BCUT2D eigenvalue weighted by molar-refractivity contribution is -0.140. The van der Waals surface area contributed by atoms with Gasteiger partial charge in [0.2, 0.25) is 5.91 Å². The Bertz CT molecular complexity index is 227. The maximum atomic E-state index is 11.8. The van der Waals surface area contributed by atoms with E-state index in [4.69, 9.17) is 0 Å². The van der Waals surface area contributed by atoms with E-state index in [1.165, 1.54) is 0 Å². The summed E-state index contributed by atoms with van der Waals surface area (Å²) in [6.07, 6.45) is 1.79. The first-order valence-electron chi connectivity index (χ1n) is 5.01. The summed E-state index contributed by atoms with van der Waals surface area (Å²) in [6.45, 7) is 3.92. The number of carbonyl (C=O) groups is 2. The van der Waals surface area contributed by atoms with Crippen LogP contribution in [0.4, 0.5) is 0 Å². The zero-order chi connectivity index (χ0) is 10.7. The van der Waals surface area contributed by atoms with Crippen molar-refractivity contribution in [2.75, 3.05) is 6.54 Å². The third-order valence-electron chi connectivity index (χ3n) is 2.85. The monoisotopic (exact) mass is 199 g/mol. The number of aliphatic hydroxyl groups excluding tert-OH is 1. The number of aldehydes is 1. The molecule has 1 aliphatic rings. The Morgan fingerprint density at radius 3 is 2.71 bits per heavy atom. The van der Waals surface area contributed by atoms with Crippen LogP contribution in [0.25, 0.3) is 0 Å². The second-order valence-electron chi connectivity index (χ2n) is 3.91. The van der Waals surface area contributed by atoms with Crippen molar-refractivity contribution in [1.82, 2.24) is 4.90 Å². The molecular formula is C10H17NO3. The second kappa shape index (κ2) is 4.55. The van der Waals surface area contributed by atoms with Crippen molar-refractivity contribution in [3.63, 3.8) is 0 Å². The van der Waals surface area contributed by atoms with E-state index in [9.17, 15) is 14.7 Å². The van der Waals surface area contributed by atoms with E-state index in [0.717, 1.165) is 19.1 Å². The number of likely N-dealkylation sites (tertiary alicyclic amines) is 1. The highest BCUT2D eigenvalue weighted by atomic mass is 16.3. The molecule has 0 aromatic carbocycles. The van der Waals surface area contributed by atoms with Gasteiger partial charge in [0.05, 0.1) is 18.1 Å². The van der Waals surface area contributed by atoms with Gasteiger partial charge in [-0.3, -0.25) is 4.79 Å². The molecule has 14 heavy (non-hydrogen) atoms. The van der Waals surface area contributed by atoms with Crippen molar-refractivity contribution in [2.45, 2.75) is 38.8 Å². The van der Waals surface area contributed by atoms with E-state index < -0.39 is 12.0 Å². The maximum absolute atomic E-state index is 11.8. The zero-order valence-electron chi connectivity index (χ0n) is 8.64. The van der Waals surface area contributed by atoms with Crippen LogP contribution in [-0.2, 0) is 9.59 Å². The summed E-state index contributed by atoms with van der Waals surface area (Å²) in [5, 5.41) is 9.27. The van der Waals surface area contributed by atoms with Crippen molar-refractivity contribution in [1.29, 1.82) is 0 Å². The number of rotatable bonds is 3. The van der Waals surface area contributed by atoms with Gasteiger partial charge >= 0.3 is 0 Å². The first kappa shape index (κ1) is 11.2. The summed E-state index contributed by atoms with van der Waals surface area (Å²) in [7, 11) is 0. The average Bonchev–Trinajstić information content (AvgIpc) is 2.62. The van der Waals surface area contributed by atoms with Gasteiger partial charge in [0.15, 0.2) is 0 Å². The van der Waals surface area contributed by atoms with E-state index in [2.05, 4.69) is 0 Å². The van der Waals surface area contributed by atoms with E-state index in [0.29, 0.717) is 6.54 Å². The predicted octanol–water partition coefficient (Wildman–Crippen LogP) is 0.193. The minimum absolute atomic E-state index is 0.116. The van der Waals surface area contributed by atoms with Crippen LogP contribution in [0.1, 0.15) is 26.7 Å². The summed E-state index contributed by atoms with van der Waals surface area (Å²) < 4.78 is 0. The van der Waals surface area contributed by atoms with Gasteiger partial charge in [0.25, 0.3) is 0 Å². The van der Waals surface area contributed by atoms with Crippen LogP contribution < -0.4 is 0 Å². The molecule has 0 spiro atoms. The Morgan fingerprint density at radius 1 is 1.57 bits per heavy atom.